The number of carbonyl (C=O) groups excluding carboxylic acids is 2. The highest BCUT2D eigenvalue weighted by Crippen LogP contribution is 2.40. The lowest BCUT2D eigenvalue weighted by molar-refractivity contribution is -0.671. The van der Waals surface area contributed by atoms with Crippen molar-refractivity contribution in [2.24, 2.45) is 7.05 Å². The maximum Gasteiger partial charge on any atom is 0.408 e. The minimum Gasteiger partial charge on any atom is -0.492 e. The van der Waals surface area contributed by atoms with Crippen molar-refractivity contribution in [3.05, 3.63) is 59.3 Å². The summed E-state index contributed by atoms with van der Waals surface area (Å²) >= 11 is 0. The zero-order chi connectivity index (χ0) is 30.1. The molecule has 1 fully saturated rings. The number of amides is 2. The second-order valence-electron chi connectivity index (χ2n) is 11.4. The van der Waals surface area contributed by atoms with Gasteiger partial charge >= 0.3 is 6.09 Å². The summed E-state index contributed by atoms with van der Waals surface area (Å²) in [6.07, 6.45) is 4.26. The molecule has 2 aliphatic rings. The number of halogens is 1. The van der Waals surface area contributed by atoms with Crippen LogP contribution in [0.15, 0.2) is 36.7 Å². The highest BCUT2D eigenvalue weighted by Gasteiger charge is 2.37. The van der Waals surface area contributed by atoms with Crippen molar-refractivity contribution in [3.8, 4) is 28.8 Å². The van der Waals surface area contributed by atoms with Crippen LogP contribution >= 0.6 is 0 Å². The molecular weight excluding hydrogens is 541 g/mol. The van der Waals surface area contributed by atoms with Crippen LogP contribution in [0, 0.1) is 17.7 Å². The zero-order valence-corrected chi connectivity index (χ0v) is 24.4. The average Bonchev–Trinajstić information content (AvgIpc) is 3.52. The molecule has 1 saturated heterocycles. The Morgan fingerprint density at radius 3 is 2.79 bits per heavy atom. The van der Waals surface area contributed by atoms with E-state index in [1.807, 2.05) is 30.1 Å². The number of fused-ring (bicyclic) bond motifs is 1. The van der Waals surface area contributed by atoms with Gasteiger partial charge in [-0.3, -0.25) is 4.79 Å². The summed E-state index contributed by atoms with van der Waals surface area (Å²) in [6, 6.07) is 6.46. The molecular formula is C31H35FN5O5+. The summed E-state index contributed by atoms with van der Waals surface area (Å²) < 4.78 is 32.9. The van der Waals surface area contributed by atoms with E-state index >= 15 is 0 Å². The Bertz CT molecular complexity index is 1590. The molecule has 4 N–H and O–H groups in total. The van der Waals surface area contributed by atoms with Gasteiger partial charge in [0.25, 0.3) is 5.91 Å². The molecule has 0 spiro atoms. The van der Waals surface area contributed by atoms with Crippen LogP contribution in [0.1, 0.15) is 48.8 Å². The van der Waals surface area contributed by atoms with E-state index in [2.05, 4.69) is 32.8 Å². The number of para-hydroxylation sites is 1. The first-order valence-electron chi connectivity index (χ1n) is 13.7. The predicted molar refractivity (Wildman–Crippen MR) is 154 cm³/mol. The minimum atomic E-state index is -0.932. The number of methoxy groups -OCH3 is 1. The molecule has 2 amide bonds. The van der Waals surface area contributed by atoms with Gasteiger partial charge in [-0.2, -0.15) is 0 Å². The number of H-pyrrole nitrogens is 1. The summed E-state index contributed by atoms with van der Waals surface area (Å²) in [5, 5.41) is 9.06. The summed E-state index contributed by atoms with van der Waals surface area (Å²) in [5.74, 6) is 5.77. The molecule has 2 aromatic heterocycles. The molecule has 2 aliphatic heterocycles. The third-order valence-corrected chi connectivity index (χ3v) is 6.96. The largest absolute Gasteiger partial charge is 0.492 e. The van der Waals surface area contributed by atoms with Gasteiger partial charge in [0, 0.05) is 36.7 Å². The third-order valence-electron chi connectivity index (χ3n) is 6.96. The lowest BCUT2D eigenvalue weighted by atomic mass is 9.98. The Morgan fingerprint density at radius 1 is 1.26 bits per heavy atom. The van der Waals surface area contributed by atoms with Gasteiger partial charge in [-0.1, -0.05) is 17.9 Å². The number of pyridine rings is 1. The third kappa shape index (κ3) is 6.04. The Morgan fingerprint density at radius 2 is 2.07 bits per heavy atom. The fourth-order valence-corrected chi connectivity index (χ4v) is 5.05. The maximum atomic E-state index is 14.6. The number of aryl methyl sites for hydroxylation is 1. The van der Waals surface area contributed by atoms with Gasteiger partial charge in [0.1, 0.15) is 18.2 Å². The molecule has 0 aliphatic carbocycles. The molecule has 4 heterocycles. The number of rotatable bonds is 5. The van der Waals surface area contributed by atoms with E-state index in [1.54, 1.807) is 32.9 Å². The van der Waals surface area contributed by atoms with Crippen LogP contribution in [-0.4, -0.2) is 55.0 Å². The normalized spacial score (nSPS) is 17.9. The van der Waals surface area contributed by atoms with Crippen molar-refractivity contribution >= 4 is 23.4 Å². The molecule has 3 aromatic rings. The number of aromatic nitrogens is 2. The van der Waals surface area contributed by atoms with Crippen molar-refractivity contribution < 1.29 is 32.8 Å². The van der Waals surface area contributed by atoms with Crippen molar-refractivity contribution in [1.29, 1.82) is 0 Å². The standard InChI is InChI=1S/C31H34FN5O5/c1-30(2,3)42-29(39)36-31(13-16-41-18-31)12-9-19-17-37(4)15-11-20(19)25-26(24-22(34-25)10-14-33-28(24)38)35-23-8-6-7-21(32)27(23)40-5/h6-8,11,15,17H,10,13-14,16,18H2,1-5H3,(H3,33,34,35,36,38,39)/p+1. The average molecular weight is 577 g/mol. The number of benzene rings is 1. The van der Waals surface area contributed by atoms with Crippen molar-refractivity contribution in [3.63, 3.8) is 0 Å². The van der Waals surface area contributed by atoms with Crippen LogP contribution in [0.2, 0.25) is 0 Å². The number of nitrogens with one attached hydrogen (secondary N) is 4. The predicted octanol–water partition coefficient (Wildman–Crippen LogP) is 3.72. The monoisotopic (exact) mass is 576 g/mol. The van der Waals surface area contributed by atoms with E-state index in [0.29, 0.717) is 59.8 Å². The summed E-state index contributed by atoms with van der Waals surface area (Å²) in [5.41, 5.74) is 2.44. The molecule has 5 rings (SSSR count). The van der Waals surface area contributed by atoms with Crippen LogP contribution in [0.4, 0.5) is 20.6 Å². The molecule has 10 nitrogen and oxygen atoms in total. The molecule has 1 aromatic carbocycles. The van der Waals surface area contributed by atoms with E-state index in [0.717, 1.165) is 5.69 Å². The molecule has 0 saturated carbocycles. The van der Waals surface area contributed by atoms with Crippen LogP contribution in [0.3, 0.4) is 0 Å². The quantitative estimate of drug-likeness (QED) is 0.272. The highest BCUT2D eigenvalue weighted by atomic mass is 19.1. The summed E-state index contributed by atoms with van der Waals surface area (Å²) in [4.78, 5) is 29.2. The summed E-state index contributed by atoms with van der Waals surface area (Å²) in [7, 11) is 3.27. The van der Waals surface area contributed by atoms with E-state index in [4.69, 9.17) is 14.2 Å². The Labute approximate surface area is 243 Å². The van der Waals surface area contributed by atoms with Crippen LogP contribution in [0.25, 0.3) is 11.3 Å². The number of hydrogen-bond donors (Lipinski definition) is 4. The Kier molecular flexibility index (Phi) is 7.84. The SMILES string of the molecule is COc1c(F)cccc1Nc1c(-c2cc[n+](C)cc2C#CC2(NC(=O)OC(C)(C)C)CCOC2)[nH]c2c1C(=O)NCC2. The maximum absolute atomic E-state index is 14.6. The highest BCUT2D eigenvalue weighted by molar-refractivity contribution is 6.06. The number of ether oxygens (including phenoxy) is 3. The smallest absolute Gasteiger partial charge is 0.408 e. The number of aromatic amines is 1. The van der Waals surface area contributed by atoms with Gasteiger partial charge in [0.2, 0.25) is 0 Å². The van der Waals surface area contributed by atoms with Crippen molar-refractivity contribution in [1.82, 2.24) is 15.6 Å². The number of hydrogen-bond acceptors (Lipinski definition) is 6. The molecule has 0 bridgehead atoms. The molecule has 0 radical (unpaired) electrons. The van der Waals surface area contributed by atoms with Gasteiger partial charge in [-0.05, 0) is 32.9 Å². The van der Waals surface area contributed by atoms with Crippen LogP contribution in [-0.2, 0) is 22.9 Å². The van der Waals surface area contributed by atoms with Gasteiger partial charge in [0.05, 0.1) is 48.5 Å². The molecule has 11 heteroatoms. The van der Waals surface area contributed by atoms with Crippen LogP contribution < -0.4 is 25.3 Å². The van der Waals surface area contributed by atoms with Gasteiger partial charge in [0.15, 0.2) is 24.0 Å². The van der Waals surface area contributed by atoms with Gasteiger partial charge in [-0.25, -0.2) is 13.8 Å². The van der Waals surface area contributed by atoms with E-state index in [-0.39, 0.29) is 18.3 Å². The van der Waals surface area contributed by atoms with E-state index in [1.165, 1.54) is 13.2 Å². The lowest BCUT2D eigenvalue weighted by Crippen LogP contribution is -2.49. The fourth-order valence-electron chi connectivity index (χ4n) is 5.05. The number of anilines is 2. The summed E-state index contributed by atoms with van der Waals surface area (Å²) in [6.45, 7) is 6.55. The second-order valence-corrected chi connectivity index (χ2v) is 11.4. The minimum absolute atomic E-state index is 0.0329. The van der Waals surface area contributed by atoms with E-state index < -0.39 is 23.1 Å². The Hall–Kier alpha value is -4.56. The number of carbonyl (C=O) groups is 2. The van der Waals surface area contributed by atoms with Crippen molar-refractivity contribution in [2.45, 2.75) is 44.8 Å². The molecule has 42 heavy (non-hydrogen) atoms. The zero-order valence-electron chi connectivity index (χ0n) is 24.4. The first-order chi connectivity index (χ1) is 20.0. The first kappa shape index (κ1) is 29.0. The number of alkyl carbamates (subject to hydrolysis) is 1. The van der Waals surface area contributed by atoms with E-state index in [9.17, 15) is 14.0 Å². The van der Waals surface area contributed by atoms with Gasteiger partial charge in [-0.15, -0.1) is 0 Å². The second kappa shape index (κ2) is 11.4. The number of nitrogens with zero attached hydrogens (tertiary/aromatic N) is 1. The molecule has 1 atom stereocenters. The molecule has 220 valence electrons. The van der Waals surface area contributed by atoms with Crippen molar-refractivity contribution in [2.75, 3.05) is 32.2 Å². The van der Waals surface area contributed by atoms with Crippen LogP contribution in [0.5, 0.6) is 5.75 Å². The Balaban J connectivity index is 1.60. The first-order valence-corrected chi connectivity index (χ1v) is 13.7. The molecule has 1 unspecified atom stereocenters. The lowest BCUT2D eigenvalue weighted by Gasteiger charge is -2.26. The van der Waals surface area contributed by atoms with Gasteiger partial charge < -0.3 is 35.1 Å². The fraction of sp³-hybridized carbons (Fsp3) is 0.387. The topological polar surface area (TPSA) is 118 Å².